The van der Waals surface area contributed by atoms with Crippen LogP contribution in [0.3, 0.4) is 0 Å². The molecule has 0 saturated carbocycles. The summed E-state index contributed by atoms with van der Waals surface area (Å²) in [6.07, 6.45) is 3.10. The zero-order valence-corrected chi connectivity index (χ0v) is 9.84. The van der Waals surface area contributed by atoms with Crippen molar-refractivity contribution in [1.82, 2.24) is 4.98 Å². The second-order valence-corrected chi connectivity index (χ2v) is 4.75. The average Bonchev–Trinajstić information content (AvgIpc) is 2.35. The van der Waals surface area contributed by atoms with Gasteiger partial charge >= 0.3 is 0 Å². The lowest BCUT2D eigenvalue weighted by Gasteiger charge is -2.19. The molecule has 2 aromatic rings. The molecule has 88 valence electrons. The first kappa shape index (κ1) is 10.5. The Morgan fingerprint density at radius 2 is 2.18 bits per heavy atom. The van der Waals surface area contributed by atoms with E-state index in [2.05, 4.69) is 11.1 Å². The van der Waals surface area contributed by atoms with E-state index in [1.807, 2.05) is 13.0 Å². The largest absolute Gasteiger partial charge is 0.392 e. The van der Waals surface area contributed by atoms with Crippen LogP contribution in [0.4, 0.5) is 0 Å². The van der Waals surface area contributed by atoms with Gasteiger partial charge in [0.2, 0.25) is 0 Å². The summed E-state index contributed by atoms with van der Waals surface area (Å²) < 4.78 is 0. The molecule has 1 aromatic carbocycles. The lowest BCUT2D eigenvalue weighted by Crippen LogP contribution is -2.16. The number of aryl methyl sites for hydroxylation is 2. The van der Waals surface area contributed by atoms with Gasteiger partial charge in [-0.1, -0.05) is 6.07 Å². The van der Waals surface area contributed by atoms with E-state index in [9.17, 15) is 9.90 Å². The second kappa shape index (κ2) is 3.70. The highest BCUT2D eigenvalue weighted by Crippen LogP contribution is 2.30. The summed E-state index contributed by atoms with van der Waals surface area (Å²) in [6.45, 7) is 1.91. The smallest absolute Gasteiger partial charge is 0.251 e. The molecule has 0 unspecified atom stereocenters. The van der Waals surface area contributed by atoms with Crippen LogP contribution in [0, 0.1) is 6.92 Å². The first-order valence-corrected chi connectivity index (χ1v) is 5.99. The Labute approximate surface area is 99.1 Å². The van der Waals surface area contributed by atoms with Crippen molar-refractivity contribution >= 4 is 10.9 Å². The van der Waals surface area contributed by atoms with E-state index in [-0.39, 0.29) is 12.2 Å². The number of hydrogen-bond donors (Lipinski definition) is 2. The highest BCUT2D eigenvalue weighted by atomic mass is 16.3. The number of aliphatic hydroxyl groups is 1. The van der Waals surface area contributed by atoms with Crippen molar-refractivity contribution in [2.75, 3.05) is 0 Å². The van der Waals surface area contributed by atoms with Crippen molar-refractivity contribution < 1.29 is 5.11 Å². The number of rotatable bonds is 1. The average molecular weight is 229 g/mol. The lowest BCUT2D eigenvalue weighted by molar-refractivity contribution is 0.282. The Kier molecular flexibility index (Phi) is 2.30. The first-order valence-electron chi connectivity index (χ1n) is 5.99. The van der Waals surface area contributed by atoms with Gasteiger partial charge in [0.15, 0.2) is 0 Å². The zero-order chi connectivity index (χ0) is 12.0. The van der Waals surface area contributed by atoms with Gasteiger partial charge < -0.3 is 10.1 Å². The molecule has 0 aliphatic heterocycles. The van der Waals surface area contributed by atoms with Gasteiger partial charge in [0, 0.05) is 16.5 Å². The predicted octanol–water partition coefficient (Wildman–Crippen LogP) is 1.82. The fraction of sp³-hybridized carbons (Fsp3) is 0.357. The van der Waals surface area contributed by atoms with Crippen molar-refractivity contribution in [2.24, 2.45) is 0 Å². The van der Waals surface area contributed by atoms with Crippen LogP contribution >= 0.6 is 0 Å². The first-order chi connectivity index (χ1) is 8.20. The Morgan fingerprint density at radius 3 is 2.94 bits per heavy atom. The van der Waals surface area contributed by atoms with E-state index in [0.29, 0.717) is 0 Å². The molecule has 1 aromatic heterocycles. The van der Waals surface area contributed by atoms with Gasteiger partial charge in [-0.15, -0.1) is 0 Å². The number of H-pyrrole nitrogens is 1. The van der Waals surface area contributed by atoms with Crippen molar-refractivity contribution in [3.8, 4) is 0 Å². The maximum absolute atomic E-state index is 11.8. The highest BCUT2D eigenvalue weighted by molar-refractivity contribution is 5.88. The van der Waals surface area contributed by atoms with Gasteiger partial charge in [-0.2, -0.15) is 0 Å². The van der Waals surface area contributed by atoms with E-state index in [1.165, 1.54) is 16.5 Å². The molecule has 3 rings (SSSR count). The lowest BCUT2D eigenvalue weighted by atomic mass is 9.87. The number of aliphatic hydroxyl groups excluding tert-OH is 1. The maximum atomic E-state index is 11.8. The SMILES string of the molecule is Cc1c2c3c(cc(CO)cc3[nH]c1=O)CCC2. The van der Waals surface area contributed by atoms with E-state index >= 15 is 0 Å². The molecule has 2 N–H and O–H groups in total. The Bertz CT molecular complexity index is 655. The van der Waals surface area contributed by atoms with Crippen LogP contribution in [0.5, 0.6) is 0 Å². The van der Waals surface area contributed by atoms with Crippen LogP contribution in [0.15, 0.2) is 16.9 Å². The van der Waals surface area contributed by atoms with Gasteiger partial charge in [0.25, 0.3) is 5.56 Å². The van der Waals surface area contributed by atoms with Crippen molar-refractivity contribution in [2.45, 2.75) is 32.8 Å². The molecule has 0 radical (unpaired) electrons. The molecular weight excluding hydrogens is 214 g/mol. The third-order valence-electron chi connectivity index (χ3n) is 3.68. The highest BCUT2D eigenvalue weighted by Gasteiger charge is 2.17. The fourth-order valence-electron chi connectivity index (χ4n) is 2.82. The van der Waals surface area contributed by atoms with Crippen molar-refractivity contribution in [1.29, 1.82) is 0 Å². The topological polar surface area (TPSA) is 53.1 Å². The van der Waals surface area contributed by atoms with Gasteiger partial charge in [-0.25, -0.2) is 0 Å². The van der Waals surface area contributed by atoms with E-state index in [4.69, 9.17) is 0 Å². The van der Waals surface area contributed by atoms with Crippen LogP contribution in [0.2, 0.25) is 0 Å². The summed E-state index contributed by atoms with van der Waals surface area (Å²) in [5.41, 5.74) is 5.03. The minimum Gasteiger partial charge on any atom is -0.392 e. The number of benzene rings is 1. The van der Waals surface area contributed by atoms with Crippen LogP contribution < -0.4 is 5.56 Å². The van der Waals surface area contributed by atoms with Gasteiger partial charge in [-0.3, -0.25) is 4.79 Å². The molecule has 3 nitrogen and oxygen atoms in total. The molecule has 0 saturated heterocycles. The standard InChI is InChI=1S/C14H15NO2/c1-8-11-4-2-3-10-5-9(7-16)6-12(13(10)11)15-14(8)17/h5-6,16H,2-4,7H2,1H3,(H,15,17). The van der Waals surface area contributed by atoms with Crippen LogP contribution in [0.1, 0.15) is 28.7 Å². The molecule has 0 spiro atoms. The summed E-state index contributed by atoms with van der Waals surface area (Å²) in [6, 6.07) is 3.94. The van der Waals surface area contributed by atoms with Gasteiger partial charge in [0.1, 0.15) is 0 Å². The van der Waals surface area contributed by atoms with Crippen LogP contribution in [0.25, 0.3) is 10.9 Å². The van der Waals surface area contributed by atoms with E-state index < -0.39 is 0 Å². The minimum absolute atomic E-state index is 0.00422. The van der Waals surface area contributed by atoms with E-state index in [1.54, 1.807) is 0 Å². The zero-order valence-electron chi connectivity index (χ0n) is 9.84. The molecule has 3 heteroatoms. The summed E-state index contributed by atoms with van der Waals surface area (Å²) >= 11 is 0. The van der Waals surface area contributed by atoms with Gasteiger partial charge in [0.05, 0.1) is 6.61 Å². The molecule has 0 bridgehead atoms. The van der Waals surface area contributed by atoms with Crippen LogP contribution in [-0.2, 0) is 19.4 Å². The van der Waals surface area contributed by atoms with Gasteiger partial charge in [-0.05, 0) is 48.9 Å². The van der Waals surface area contributed by atoms with Crippen LogP contribution in [-0.4, -0.2) is 10.1 Å². The normalized spacial score (nSPS) is 14.2. The second-order valence-electron chi connectivity index (χ2n) is 4.75. The Balaban J connectivity index is 2.48. The summed E-state index contributed by atoms with van der Waals surface area (Å²) in [7, 11) is 0. The minimum atomic E-state index is -0.00422. The molecule has 17 heavy (non-hydrogen) atoms. The quantitative estimate of drug-likeness (QED) is 0.783. The predicted molar refractivity (Wildman–Crippen MR) is 67.3 cm³/mol. The number of aromatic amines is 1. The maximum Gasteiger partial charge on any atom is 0.251 e. The summed E-state index contributed by atoms with van der Waals surface area (Å²) in [5.74, 6) is 0. The number of aromatic nitrogens is 1. The van der Waals surface area contributed by atoms with Crippen molar-refractivity contribution in [3.63, 3.8) is 0 Å². The number of pyridine rings is 1. The van der Waals surface area contributed by atoms with Crippen molar-refractivity contribution in [3.05, 3.63) is 44.7 Å². The molecule has 1 heterocycles. The van der Waals surface area contributed by atoms with E-state index in [0.717, 1.165) is 35.9 Å². The Morgan fingerprint density at radius 1 is 1.35 bits per heavy atom. The number of nitrogens with one attached hydrogen (secondary N) is 1. The third kappa shape index (κ3) is 1.50. The fourth-order valence-corrected chi connectivity index (χ4v) is 2.82. The third-order valence-corrected chi connectivity index (χ3v) is 3.68. The molecule has 0 atom stereocenters. The molecule has 0 fully saturated rings. The molecule has 1 aliphatic carbocycles. The molecule has 0 amide bonds. The number of hydrogen-bond acceptors (Lipinski definition) is 2. The molecule has 1 aliphatic rings. The Hall–Kier alpha value is -1.61. The summed E-state index contributed by atoms with van der Waals surface area (Å²) in [5, 5.41) is 10.4. The summed E-state index contributed by atoms with van der Waals surface area (Å²) in [4.78, 5) is 14.7. The molecular formula is C14H15NO2. The monoisotopic (exact) mass is 229 g/mol.